The van der Waals surface area contributed by atoms with Gasteiger partial charge in [0.05, 0.1) is 4.92 Å². The number of hydrogen-bond donors (Lipinski definition) is 1. The highest BCUT2D eigenvalue weighted by atomic mass is 32.1. The summed E-state index contributed by atoms with van der Waals surface area (Å²) >= 11 is 1.13. The van der Waals surface area contributed by atoms with E-state index in [4.69, 9.17) is 4.74 Å². The number of ketones is 1. The van der Waals surface area contributed by atoms with Crippen LogP contribution in [0.4, 0.5) is 11.4 Å². The van der Waals surface area contributed by atoms with Gasteiger partial charge in [-0.25, -0.2) is 4.79 Å². The van der Waals surface area contributed by atoms with Crippen LogP contribution in [0.1, 0.15) is 33.9 Å². The summed E-state index contributed by atoms with van der Waals surface area (Å²) in [7, 11) is 0. The molecule has 0 unspecified atom stereocenters. The Morgan fingerprint density at radius 3 is 2.41 bits per heavy atom. The minimum atomic E-state index is -1.06. The first kappa shape index (κ1) is 20.2. The highest BCUT2D eigenvalue weighted by Crippen LogP contribution is 2.29. The number of carbonyl (C=O) groups is 3. The number of rotatable bonds is 6. The first-order chi connectivity index (χ1) is 13.7. The molecule has 0 aliphatic rings. The summed E-state index contributed by atoms with van der Waals surface area (Å²) in [5.74, 6) is -1.30. The van der Waals surface area contributed by atoms with Crippen LogP contribution in [-0.4, -0.2) is 28.7 Å². The number of benzene rings is 2. The van der Waals surface area contributed by atoms with Crippen molar-refractivity contribution in [3.8, 4) is 0 Å². The van der Waals surface area contributed by atoms with Crippen LogP contribution in [0.25, 0.3) is 10.1 Å². The molecule has 3 aromatic rings. The number of carbonyl (C=O) groups excluding carboxylic acids is 3. The minimum absolute atomic E-state index is 0.0706. The summed E-state index contributed by atoms with van der Waals surface area (Å²) in [6, 6.07) is 12.2. The van der Waals surface area contributed by atoms with E-state index in [2.05, 4.69) is 5.32 Å². The van der Waals surface area contributed by atoms with Crippen molar-refractivity contribution in [3.05, 3.63) is 69.1 Å². The maximum atomic E-state index is 12.4. The molecule has 9 heteroatoms. The Morgan fingerprint density at radius 1 is 1.10 bits per heavy atom. The van der Waals surface area contributed by atoms with Gasteiger partial charge in [0.25, 0.3) is 11.6 Å². The zero-order valence-electron chi connectivity index (χ0n) is 15.5. The van der Waals surface area contributed by atoms with Crippen LogP contribution in [0, 0.1) is 10.1 Å². The van der Waals surface area contributed by atoms with Gasteiger partial charge in [0.15, 0.2) is 11.9 Å². The van der Waals surface area contributed by atoms with E-state index in [-0.39, 0.29) is 16.3 Å². The molecule has 2 aromatic carbocycles. The number of amides is 1. The number of Topliss-reactive ketones (excluding diaryl/α,β-unsaturated/α-hetero) is 1. The Kier molecular flexibility index (Phi) is 5.69. The number of thiophene rings is 1. The Morgan fingerprint density at radius 2 is 1.79 bits per heavy atom. The van der Waals surface area contributed by atoms with Gasteiger partial charge < -0.3 is 10.1 Å². The minimum Gasteiger partial charge on any atom is -0.448 e. The molecule has 0 bridgehead atoms. The standard InChI is InChI=1S/C20H16N2O6S/c1-11(23)13-3-5-15(6-4-13)21-19(24)12(2)28-20(25)18-10-14-9-16(22(26)27)7-8-17(14)29-18/h3-10,12H,1-2H3,(H,21,24)/t12-/m0/s1. The molecule has 29 heavy (non-hydrogen) atoms. The molecule has 1 N–H and O–H groups in total. The monoisotopic (exact) mass is 412 g/mol. The van der Waals surface area contributed by atoms with E-state index in [1.807, 2.05) is 0 Å². The third-order valence-corrected chi connectivity index (χ3v) is 5.22. The molecule has 8 nitrogen and oxygen atoms in total. The number of nitro groups is 1. The van der Waals surface area contributed by atoms with Crippen LogP contribution in [0.3, 0.4) is 0 Å². The second-order valence-corrected chi connectivity index (χ2v) is 7.34. The molecule has 3 rings (SSSR count). The van der Waals surface area contributed by atoms with Crippen molar-refractivity contribution in [2.75, 3.05) is 5.32 Å². The van der Waals surface area contributed by atoms with Gasteiger partial charge in [-0.3, -0.25) is 19.7 Å². The Bertz CT molecular complexity index is 1120. The maximum Gasteiger partial charge on any atom is 0.349 e. The zero-order valence-corrected chi connectivity index (χ0v) is 16.3. The molecule has 1 aromatic heterocycles. The topological polar surface area (TPSA) is 116 Å². The first-order valence-corrected chi connectivity index (χ1v) is 9.37. The highest BCUT2D eigenvalue weighted by molar-refractivity contribution is 7.20. The van der Waals surface area contributed by atoms with E-state index in [0.717, 1.165) is 11.3 Å². The molecule has 0 aliphatic heterocycles. The van der Waals surface area contributed by atoms with Crippen LogP contribution in [-0.2, 0) is 9.53 Å². The lowest BCUT2D eigenvalue weighted by molar-refractivity contribution is -0.384. The first-order valence-electron chi connectivity index (χ1n) is 8.55. The Labute approximate surface area is 169 Å². The van der Waals surface area contributed by atoms with Crippen LogP contribution in [0.15, 0.2) is 48.5 Å². The van der Waals surface area contributed by atoms with Crippen LogP contribution in [0.2, 0.25) is 0 Å². The molecule has 0 aliphatic carbocycles. The van der Waals surface area contributed by atoms with Gasteiger partial charge in [-0.05, 0) is 50.2 Å². The number of nitrogens with one attached hydrogen (secondary N) is 1. The molecule has 0 spiro atoms. The third kappa shape index (κ3) is 4.64. The van der Waals surface area contributed by atoms with E-state index >= 15 is 0 Å². The third-order valence-electron chi connectivity index (χ3n) is 4.12. The summed E-state index contributed by atoms with van der Waals surface area (Å²) in [5.41, 5.74) is 0.920. The van der Waals surface area contributed by atoms with Gasteiger partial charge in [0, 0.05) is 33.5 Å². The van der Waals surface area contributed by atoms with Crippen molar-refractivity contribution >= 4 is 50.5 Å². The molecule has 0 fully saturated rings. The number of nitrogens with zero attached hydrogens (tertiary/aromatic N) is 1. The summed E-state index contributed by atoms with van der Waals surface area (Å²) in [6.45, 7) is 2.89. The summed E-state index contributed by atoms with van der Waals surface area (Å²) < 4.78 is 5.91. The molecule has 0 saturated carbocycles. The van der Waals surface area contributed by atoms with Crippen molar-refractivity contribution in [2.24, 2.45) is 0 Å². The lowest BCUT2D eigenvalue weighted by Crippen LogP contribution is -2.29. The van der Waals surface area contributed by atoms with Crippen molar-refractivity contribution < 1.29 is 24.0 Å². The lowest BCUT2D eigenvalue weighted by atomic mass is 10.1. The maximum absolute atomic E-state index is 12.4. The average Bonchev–Trinajstić information content (AvgIpc) is 3.11. The van der Waals surface area contributed by atoms with Gasteiger partial charge >= 0.3 is 5.97 Å². The molecular formula is C20H16N2O6S. The van der Waals surface area contributed by atoms with Crippen LogP contribution >= 0.6 is 11.3 Å². The van der Waals surface area contributed by atoms with E-state index in [1.165, 1.54) is 32.0 Å². The fraction of sp³-hybridized carbons (Fsp3) is 0.150. The van der Waals surface area contributed by atoms with E-state index < -0.39 is 22.9 Å². The number of non-ortho nitro benzene ring substituents is 1. The average molecular weight is 412 g/mol. The Balaban J connectivity index is 1.66. The van der Waals surface area contributed by atoms with E-state index in [9.17, 15) is 24.5 Å². The smallest absolute Gasteiger partial charge is 0.349 e. The summed E-state index contributed by atoms with van der Waals surface area (Å²) in [4.78, 5) is 46.5. The summed E-state index contributed by atoms with van der Waals surface area (Å²) in [5, 5.41) is 14.0. The number of fused-ring (bicyclic) bond motifs is 1. The molecular weight excluding hydrogens is 396 g/mol. The molecule has 1 heterocycles. The lowest BCUT2D eigenvalue weighted by Gasteiger charge is -2.13. The van der Waals surface area contributed by atoms with Crippen molar-refractivity contribution in [3.63, 3.8) is 0 Å². The second kappa shape index (κ2) is 8.19. The molecule has 148 valence electrons. The number of hydrogen-bond acceptors (Lipinski definition) is 7. The van der Waals surface area contributed by atoms with Crippen molar-refractivity contribution in [2.45, 2.75) is 20.0 Å². The molecule has 0 saturated heterocycles. The predicted octanol–water partition coefficient (Wildman–Crippen LogP) is 4.20. The fourth-order valence-corrected chi connectivity index (χ4v) is 3.48. The predicted molar refractivity (Wildman–Crippen MR) is 108 cm³/mol. The quantitative estimate of drug-likeness (QED) is 0.281. The van der Waals surface area contributed by atoms with Gasteiger partial charge in [-0.2, -0.15) is 0 Å². The second-order valence-electron chi connectivity index (χ2n) is 6.26. The molecule has 1 amide bonds. The van der Waals surface area contributed by atoms with Gasteiger partial charge in [-0.1, -0.05) is 0 Å². The fourth-order valence-electron chi connectivity index (χ4n) is 2.55. The number of anilines is 1. The molecule has 1 atom stereocenters. The van der Waals surface area contributed by atoms with E-state index in [1.54, 1.807) is 30.3 Å². The SMILES string of the molecule is CC(=O)c1ccc(NC(=O)[C@H](C)OC(=O)c2cc3cc([N+](=O)[O-])ccc3s2)cc1. The summed E-state index contributed by atoms with van der Waals surface area (Å²) in [6.07, 6.45) is -1.06. The number of ether oxygens (including phenoxy) is 1. The van der Waals surface area contributed by atoms with Gasteiger partial charge in [0.2, 0.25) is 0 Å². The van der Waals surface area contributed by atoms with Crippen molar-refractivity contribution in [1.82, 2.24) is 0 Å². The van der Waals surface area contributed by atoms with E-state index in [0.29, 0.717) is 21.3 Å². The molecule has 0 radical (unpaired) electrons. The number of esters is 1. The van der Waals surface area contributed by atoms with Crippen LogP contribution < -0.4 is 5.32 Å². The Hall–Kier alpha value is -3.59. The van der Waals surface area contributed by atoms with Crippen molar-refractivity contribution in [1.29, 1.82) is 0 Å². The van der Waals surface area contributed by atoms with Gasteiger partial charge in [0.1, 0.15) is 4.88 Å². The normalized spacial score (nSPS) is 11.7. The zero-order chi connectivity index (χ0) is 21.1. The highest BCUT2D eigenvalue weighted by Gasteiger charge is 2.21. The largest absolute Gasteiger partial charge is 0.448 e. The van der Waals surface area contributed by atoms with Gasteiger partial charge in [-0.15, -0.1) is 11.3 Å². The number of nitro benzene ring substituents is 1. The van der Waals surface area contributed by atoms with Crippen LogP contribution in [0.5, 0.6) is 0 Å².